The van der Waals surface area contributed by atoms with E-state index >= 15 is 0 Å². The second-order valence-electron chi connectivity index (χ2n) is 5.41. The molecule has 110 valence electrons. The molecule has 1 saturated heterocycles. The second-order valence-corrected chi connectivity index (χ2v) is 6.26. The molecule has 0 amide bonds. The molecule has 0 aromatic heterocycles. The van der Waals surface area contributed by atoms with Crippen LogP contribution in [-0.4, -0.2) is 29.1 Å². The third-order valence-corrected chi connectivity index (χ3v) is 4.55. The fourth-order valence-electron chi connectivity index (χ4n) is 2.72. The molecule has 1 aliphatic rings. The van der Waals surface area contributed by atoms with Crippen molar-refractivity contribution in [1.29, 1.82) is 0 Å². The van der Waals surface area contributed by atoms with Crippen molar-refractivity contribution in [2.45, 2.75) is 32.2 Å². The maximum Gasteiger partial charge on any atom is 0.303 e. The molecule has 1 aromatic rings. The molecule has 1 aromatic carbocycles. The van der Waals surface area contributed by atoms with Crippen LogP contribution in [0.2, 0.25) is 0 Å². The summed E-state index contributed by atoms with van der Waals surface area (Å²) < 4.78 is 13.9. The van der Waals surface area contributed by atoms with Gasteiger partial charge in [0.2, 0.25) is 0 Å². The number of carbonyl (C=O) groups is 1. The van der Waals surface area contributed by atoms with Crippen LogP contribution in [0.1, 0.15) is 31.2 Å². The Morgan fingerprint density at radius 2 is 2.20 bits per heavy atom. The zero-order valence-corrected chi connectivity index (χ0v) is 12.9. The van der Waals surface area contributed by atoms with E-state index in [0.717, 1.165) is 48.9 Å². The van der Waals surface area contributed by atoms with E-state index in [-0.39, 0.29) is 18.2 Å². The standard InChI is InChI=1S/C15H19BrFNO2/c16-14-9-13(17)4-3-12(14)10-18-6-1-2-11(5-7-18)8-15(19)20/h3-4,9,11H,1-2,5-8,10H2,(H,19,20). The van der Waals surface area contributed by atoms with Crippen LogP contribution >= 0.6 is 15.9 Å². The normalized spacial score (nSPS) is 20.6. The SMILES string of the molecule is O=C(O)CC1CCCN(Cc2ccc(F)cc2Br)CC1. The van der Waals surface area contributed by atoms with Crippen molar-refractivity contribution < 1.29 is 14.3 Å². The lowest BCUT2D eigenvalue weighted by atomic mass is 9.97. The summed E-state index contributed by atoms with van der Waals surface area (Å²) in [5.74, 6) is -0.656. The van der Waals surface area contributed by atoms with E-state index < -0.39 is 5.97 Å². The summed E-state index contributed by atoms with van der Waals surface area (Å²) in [7, 11) is 0. The number of carboxylic acids is 1. The largest absolute Gasteiger partial charge is 0.481 e. The zero-order chi connectivity index (χ0) is 14.5. The molecular formula is C15H19BrFNO2. The molecular weight excluding hydrogens is 325 g/mol. The minimum atomic E-state index is -0.704. The van der Waals surface area contributed by atoms with Gasteiger partial charge in [-0.25, -0.2) is 4.39 Å². The minimum absolute atomic E-state index is 0.238. The Labute approximate surface area is 126 Å². The number of hydrogen-bond donors (Lipinski definition) is 1. The Hall–Kier alpha value is -0.940. The number of nitrogens with zero attached hydrogens (tertiary/aromatic N) is 1. The van der Waals surface area contributed by atoms with E-state index in [2.05, 4.69) is 20.8 Å². The van der Waals surface area contributed by atoms with Gasteiger partial charge in [-0.1, -0.05) is 22.0 Å². The van der Waals surface area contributed by atoms with Gasteiger partial charge in [0.15, 0.2) is 0 Å². The quantitative estimate of drug-likeness (QED) is 0.906. The molecule has 1 fully saturated rings. The fourth-order valence-corrected chi connectivity index (χ4v) is 3.20. The molecule has 0 saturated carbocycles. The van der Waals surface area contributed by atoms with Crippen LogP contribution < -0.4 is 0 Å². The predicted molar refractivity (Wildman–Crippen MR) is 79.0 cm³/mol. The van der Waals surface area contributed by atoms with Crippen molar-refractivity contribution >= 4 is 21.9 Å². The molecule has 1 atom stereocenters. The molecule has 0 bridgehead atoms. The molecule has 1 unspecified atom stereocenters. The van der Waals surface area contributed by atoms with Gasteiger partial charge in [0.05, 0.1) is 0 Å². The molecule has 1 aliphatic heterocycles. The van der Waals surface area contributed by atoms with Gasteiger partial charge < -0.3 is 5.11 Å². The van der Waals surface area contributed by atoms with Crippen molar-refractivity contribution in [2.75, 3.05) is 13.1 Å². The topological polar surface area (TPSA) is 40.5 Å². The summed E-state index contributed by atoms with van der Waals surface area (Å²) in [5.41, 5.74) is 1.07. The third-order valence-electron chi connectivity index (χ3n) is 3.81. The molecule has 1 heterocycles. The first-order valence-electron chi connectivity index (χ1n) is 6.92. The zero-order valence-electron chi connectivity index (χ0n) is 11.3. The highest BCUT2D eigenvalue weighted by atomic mass is 79.9. The number of benzene rings is 1. The van der Waals surface area contributed by atoms with E-state index in [1.807, 2.05) is 0 Å². The number of halogens is 2. The predicted octanol–water partition coefficient (Wildman–Crippen LogP) is 3.67. The first-order valence-corrected chi connectivity index (χ1v) is 7.72. The molecule has 0 spiro atoms. The number of carboxylic acid groups (broad SMARTS) is 1. The van der Waals surface area contributed by atoms with Gasteiger partial charge in [0.1, 0.15) is 5.82 Å². The molecule has 1 N–H and O–H groups in total. The van der Waals surface area contributed by atoms with Gasteiger partial charge in [-0.15, -0.1) is 0 Å². The van der Waals surface area contributed by atoms with Crippen molar-refractivity contribution in [2.24, 2.45) is 5.92 Å². The fraction of sp³-hybridized carbons (Fsp3) is 0.533. The molecule has 20 heavy (non-hydrogen) atoms. The highest BCUT2D eigenvalue weighted by Gasteiger charge is 2.19. The smallest absolute Gasteiger partial charge is 0.303 e. The van der Waals surface area contributed by atoms with Crippen molar-refractivity contribution in [3.63, 3.8) is 0 Å². The Morgan fingerprint density at radius 3 is 2.90 bits per heavy atom. The van der Waals surface area contributed by atoms with Gasteiger partial charge >= 0.3 is 5.97 Å². The summed E-state index contributed by atoms with van der Waals surface area (Å²) >= 11 is 3.39. The van der Waals surface area contributed by atoms with Crippen LogP contribution in [0.5, 0.6) is 0 Å². The van der Waals surface area contributed by atoms with Crippen molar-refractivity contribution in [1.82, 2.24) is 4.90 Å². The summed E-state index contributed by atoms with van der Waals surface area (Å²) in [4.78, 5) is 13.1. The maximum absolute atomic E-state index is 13.1. The average Bonchev–Trinajstić information content (AvgIpc) is 2.58. The van der Waals surface area contributed by atoms with Gasteiger partial charge in [0.25, 0.3) is 0 Å². The van der Waals surface area contributed by atoms with Crippen LogP contribution in [0.4, 0.5) is 4.39 Å². The minimum Gasteiger partial charge on any atom is -0.481 e. The monoisotopic (exact) mass is 343 g/mol. The van der Waals surface area contributed by atoms with E-state index in [1.165, 1.54) is 12.1 Å². The van der Waals surface area contributed by atoms with Crippen LogP contribution in [0, 0.1) is 11.7 Å². The molecule has 0 aliphatic carbocycles. The van der Waals surface area contributed by atoms with Gasteiger partial charge in [-0.05, 0) is 56.0 Å². The second kappa shape index (κ2) is 7.18. The van der Waals surface area contributed by atoms with Gasteiger partial charge in [-0.2, -0.15) is 0 Å². The number of hydrogen-bond acceptors (Lipinski definition) is 2. The van der Waals surface area contributed by atoms with Gasteiger partial charge in [0, 0.05) is 17.4 Å². The molecule has 5 heteroatoms. The molecule has 2 rings (SSSR count). The third kappa shape index (κ3) is 4.56. The van der Waals surface area contributed by atoms with E-state index in [1.54, 1.807) is 6.07 Å². The summed E-state index contributed by atoms with van der Waals surface area (Å²) in [6.45, 7) is 2.66. The van der Waals surface area contributed by atoms with Crippen molar-refractivity contribution in [3.05, 3.63) is 34.1 Å². The van der Waals surface area contributed by atoms with E-state index in [4.69, 9.17) is 5.11 Å². The first kappa shape index (κ1) is 15.4. The Bertz CT molecular complexity index is 481. The van der Waals surface area contributed by atoms with E-state index in [9.17, 15) is 9.18 Å². The van der Waals surface area contributed by atoms with Crippen LogP contribution in [0.25, 0.3) is 0 Å². The Kier molecular flexibility index (Phi) is 5.54. The lowest BCUT2D eigenvalue weighted by Gasteiger charge is -2.20. The van der Waals surface area contributed by atoms with Crippen LogP contribution in [0.15, 0.2) is 22.7 Å². The first-order chi connectivity index (χ1) is 9.54. The highest BCUT2D eigenvalue weighted by Crippen LogP contribution is 2.24. The number of rotatable bonds is 4. The van der Waals surface area contributed by atoms with Crippen molar-refractivity contribution in [3.8, 4) is 0 Å². The molecule has 0 radical (unpaired) electrons. The summed E-state index contributed by atoms with van der Waals surface area (Å²) in [5, 5.41) is 8.87. The summed E-state index contributed by atoms with van der Waals surface area (Å²) in [6.07, 6.45) is 3.20. The Balaban J connectivity index is 1.92. The van der Waals surface area contributed by atoms with Gasteiger partial charge in [-0.3, -0.25) is 9.69 Å². The maximum atomic E-state index is 13.1. The van der Waals surface area contributed by atoms with E-state index in [0.29, 0.717) is 0 Å². The number of aliphatic carboxylic acids is 1. The lowest BCUT2D eigenvalue weighted by Crippen LogP contribution is -2.24. The summed E-state index contributed by atoms with van der Waals surface area (Å²) in [6, 6.07) is 4.77. The van der Waals surface area contributed by atoms with Crippen LogP contribution in [0.3, 0.4) is 0 Å². The lowest BCUT2D eigenvalue weighted by molar-refractivity contribution is -0.138. The molecule has 3 nitrogen and oxygen atoms in total. The average molecular weight is 344 g/mol. The number of likely N-dealkylation sites (tertiary alicyclic amines) is 1. The Morgan fingerprint density at radius 1 is 1.40 bits per heavy atom. The highest BCUT2D eigenvalue weighted by molar-refractivity contribution is 9.10. The van der Waals surface area contributed by atoms with Crippen LogP contribution in [-0.2, 0) is 11.3 Å².